The van der Waals surface area contributed by atoms with Gasteiger partial charge in [-0.05, 0) is 36.1 Å². The van der Waals surface area contributed by atoms with Crippen LogP contribution >= 0.6 is 11.8 Å². The summed E-state index contributed by atoms with van der Waals surface area (Å²) in [5, 5.41) is -0.809. The number of amides is 1. The molecule has 1 aliphatic carbocycles. The third kappa shape index (κ3) is 3.11. The Balaban J connectivity index is 1.77. The lowest BCUT2D eigenvalue weighted by Gasteiger charge is -2.24. The number of hydrogen-bond acceptors (Lipinski definition) is 4. The van der Waals surface area contributed by atoms with Crippen LogP contribution in [-0.4, -0.2) is 25.3 Å². The fourth-order valence-electron chi connectivity index (χ4n) is 3.09. The van der Waals surface area contributed by atoms with E-state index in [9.17, 15) is 13.2 Å². The van der Waals surface area contributed by atoms with Gasteiger partial charge in [-0.2, -0.15) is 0 Å². The van der Waals surface area contributed by atoms with E-state index in [0.29, 0.717) is 12.8 Å². The molecule has 1 heterocycles. The van der Waals surface area contributed by atoms with Gasteiger partial charge in [-0.1, -0.05) is 37.1 Å². The standard InChI is InChI=1S/C15H19NO3S2/c17-15(16-21(18,19)12-6-2-3-7-12)14-13-8-4-1-5-11(13)9-10-20-14/h1,4-5,8,12,14H,2-3,6-7,9-10H2,(H,16,17)/t14-/m1/s1. The predicted molar refractivity (Wildman–Crippen MR) is 84.7 cm³/mol. The van der Waals surface area contributed by atoms with E-state index in [1.807, 2.05) is 24.3 Å². The van der Waals surface area contributed by atoms with E-state index in [2.05, 4.69) is 4.72 Å². The van der Waals surface area contributed by atoms with Crippen LogP contribution in [0.2, 0.25) is 0 Å². The van der Waals surface area contributed by atoms with Gasteiger partial charge in [0.1, 0.15) is 5.25 Å². The van der Waals surface area contributed by atoms with Crippen LogP contribution in [0.1, 0.15) is 42.1 Å². The van der Waals surface area contributed by atoms with Gasteiger partial charge in [0.2, 0.25) is 10.0 Å². The molecular formula is C15H19NO3S2. The lowest BCUT2D eigenvalue weighted by atomic mass is 10.0. The predicted octanol–water partition coefficient (Wildman–Crippen LogP) is 2.41. The Labute approximate surface area is 129 Å². The van der Waals surface area contributed by atoms with E-state index in [4.69, 9.17) is 0 Å². The summed E-state index contributed by atoms with van der Waals surface area (Å²) in [6.07, 6.45) is 4.12. The van der Waals surface area contributed by atoms with Gasteiger partial charge in [0.05, 0.1) is 5.25 Å². The second-order valence-electron chi connectivity index (χ2n) is 5.62. The van der Waals surface area contributed by atoms with E-state index in [1.165, 1.54) is 11.8 Å². The first kappa shape index (κ1) is 14.9. The van der Waals surface area contributed by atoms with Crippen molar-refractivity contribution < 1.29 is 13.2 Å². The van der Waals surface area contributed by atoms with E-state index >= 15 is 0 Å². The second kappa shape index (κ2) is 6.01. The van der Waals surface area contributed by atoms with Gasteiger partial charge < -0.3 is 0 Å². The molecule has 0 aromatic heterocycles. The van der Waals surface area contributed by atoms with Crippen molar-refractivity contribution in [3.8, 4) is 0 Å². The Morgan fingerprint density at radius 3 is 2.67 bits per heavy atom. The molecule has 1 saturated carbocycles. The Bertz CT molecular complexity index is 636. The van der Waals surface area contributed by atoms with Crippen molar-refractivity contribution in [3.63, 3.8) is 0 Å². The number of fused-ring (bicyclic) bond motifs is 1. The van der Waals surface area contributed by atoms with Crippen molar-refractivity contribution in [2.75, 3.05) is 5.75 Å². The van der Waals surface area contributed by atoms with E-state index in [1.54, 1.807) is 0 Å². The average Bonchev–Trinajstić information content (AvgIpc) is 3.01. The molecule has 0 radical (unpaired) electrons. The number of hydrogen-bond donors (Lipinski definition) is 1. The molecule has 1 aliphatic heterocycles. The van der Waals surface area contributed by atoms with Crippen LogP contribution in [0.25, 0.3) is 0 Å². The summed E-state index contributed by atoms with van der Waals surface area (Å²) in [5.41, 5.74) is 2.10. The zero-order valence-corrected chi connectivity index (χ0v) is 13.4. The highest BCUT2D eigenvalue weighted by molar-refractivity contribution is 8.00. The number of rotatable bonds is 3. The summed E-state index contributed by atoms with van der Waals surface area (Å²) in [5.74, 6) is 0.456. The lowest BCUT2D eigenvalue weighted by molar-refractivity contribution is -0.118. The zero-order valence-electron chi connectivity index (χ0n) is 11.7. The zero-order chi connectivity index (χ0) is 14.9. The fraction of sp³-hybridized carbons (Fsp3) is 0.533. The lowest BCUT2D eigenvalue weighted by Crippen LogP contribution is -2.40. The molecule has 6 heteroatoms. The summed E-state index contributed by atoms with van der Waals surface area (Å²) in [7, 11) is -3.52. The molecule has 3 rings (SSSR count). The second-order valence-corrected chi connectivity index (χ2v) is 8.79. The molecule has 1 N–H and O–H groups in total. The van der Waals surface area contributed by atoms with Crippen LogP contribution < -0.4 is 4.72 Å². The Kier molecular flexibility index (Phi) is 4.26. The van der Waals surface area contributed by atoms with E-state index in [0.717, 1.165) is 36.1 Å². The number of benzene rings is 1. The molecule has 1 atom stereocenters. The summed E-state index contributed by atoms with van der Waals surface area (Å²) >= 11 is 1.52. The molecule has 1 aromatic rings. The van der Waals surface area contributed by atoms with Gasteiger partial charge in [0, 0.05) is 0 Å². The van der Waals surface area contributed by atoms with Gasteiger partial charge in [-0.3, -0.25) is 9.52 Å². The van der Waals surface area contributed by atoms with Crippen LogP contribution in [0.3, 0.4) is 0 Å². The first-order valence-corrected chi connectivity index (χ1v) is 9.92. The van der Waals surface area contributed by atoms with Gasteiger partial charge in [0.15, 0.2) is 0 Å². The average molecular weight is 325 g/mol. The van der Waals surface area contributed by atoms with Crippen molar-refractivity contribution in [1.29, 1.82) is 0 Å². The SMILES string of the molecule is O=C(NS(=O)(=O)C1CCCC1)[C@@H]1SCCc2ccccc21. The quantitative estimate of drug-likeness (QED) is 0.927. The first-order chi connectivity index (χ1) is 10.1. The van der Waals surface area contributed by atoms with Gasteiger partial charge >= 0.3 is 0 Å². The molecule has 0 unspecified atom stereocenters. The number of thioether (sulfide) groups is 1. The normalized spacial score (nSPS) is 22.8. The maximum Gasteiger partial charge on any atom is 0.251 e. The number of aryl methyl sites for hydroxylation is 1. The third-order valence-electron chi connectivity index (χ3n) is 4.22. The Morgan fingerprint density at radius 2 is 1.90 bits per heavy atom. The number of carbonyl (C=O) groups is 1. The van der Waals surface area contributed by atoms with Crippen LogP contribution in [0.4, 0.5) is 0 Å². The Hall–Kier alpha value is -1.01. The monoisotopic (exact) mass is 325 g/mol. The van der Waals surface area contributed by atoms with Gasteiger partial charge in [-0.15, -0.1) is 11.8 Å². The maximum absolute atomic E-state index is 12.4. The Morgan fingerprint density at radius 1 is 1.19 bits per heavy atom. The first-order valence-electron chi connectivity index (χ1n) is 7.33. The minimum absolute atomic E-state index is 0.390. The topological polar surface area (TPSA) is 63.2 Å². The third-order valence-corrected chi connectivity index (χ3v) is 7.29. The van der Waals surface area contributed by atoms with E-state index < -0.39 is 20.5 Å². The van der Waals surface area contributed by atoms with Gasteiger partial charge in [0.25, 0.3) is 5.91 Å². The minimum Gasteiger partial charge on any atom is -0.272 e. The van der Waals surface area contributed by atoms with Crippen molar-refractivity contribution in [2.45, 2.75) is 42.6 Å². The van der Waals surface area contributed by atoms with Crippen LogP contribution in [0.15, 0.2) is 24.3 Å². The number of nitrogens with one attached hydrogen (secondary N) is 1. The smallest absolute Gasteiger partial charge is 0.251 e. The molecule has 1 aromatic carbocycles. The summed E-state index contributed by atoms with van der Waals surface area (Å²) in [6.45, 7) is 0. The summed E-state index contributed by atoms with van der Waals surface area (Å²) in [6, 6.07) is 7.80. The highest BCUT2D eigenvalue weighted by atomic mass is 32.2. The van der Waals surface area contributed by atoms with Crippen molar-refractivity contribution in [1.82, 2.24) is 4.72 Å². The molecule has 1 amide bonds. The van der Waals surface area contributed by atoms with Crippen molar-refractivity contribution >= 4 is 27.7 Å². The van der Waals surface area contributed by atoms with E-state index in [-0.39, 0.29) is 5.91 Å². The van der Waals surface area contributed by atoms with Crippen LogP contribution in [0.5, 0.6) is 0 Å². The molecule has 2 aliphatic rings. The largest absolute Gasteiger partial charge is 0.272 e. The molecular weight excluding hydrogens is 306 g/mol. The maximum atomic E-state index is 12.4. The molecule has 0 saturated heterocycles. The van der Waals surface area contributed by atoms with Crippen LogP contribution in [-0.2, 0) is 21.2 Å². The van der Waals surface area contributed by atoms with Crippen molar-refractivity contribution in [2.24, 2.45) is 0 Å². The molecule has 4 nitrogen and oxygen atoms in total. The van der Waals surface area contributed by atoms with Crippen molar-refractivity contribution in [3.05, 3.63) is 35.4 Å². The number of sulfonamides is 1. The molecule has 0 bridgehead atoms. The molecule has 1 fully saturated rings. The minimum atomic E-state index is -3.52. The summed E-state index contributed by atoms with van der Waals surface area (Å²) in [4.78, 5) is 12.4. The highest BCUT2D eigenvalue weighted by Crippen LogP contribution is 2.37. The highest BCUT2D eigenvalue weighted by Gasteiger charge is 2.34. The number of carbonyl (C=O) groups excluding carboxylic acids is 1. The van der Waals surface area contributed by atoms with Gasteiger partial charge in [-0.25, -0.2) is 8.42 Å². The molecule has 21 heavy (non-hydrogen) atoms. The molecule has 114 valence electrons. The van der Waals surface area contributed by atoms with Crippen LogP contribution in [0, 0.1) is 0 Å². The fourth-order valence-corrected chi connectivity index (χ4v) is 5.87. The molecule has 0 spiro atoms. The summed E-state index contributed by atoms with van der Waals surface area (Å²) < 4.78 is 26.8.